The summed E-state index contributed by atoms with van der Waals surface area (Å²) >= 11 is 0. The van der Waals surface area contributed by atoms with Gasteiger partial charge in [-0.1, -0.05) is 17.7 Å². The van der Waals surface area contributed by atoms with Crippen molar-refractivity contribution in [3.05, 3.63) is 69.8 Å². The lowest BCUT2D eigenvalue weighted by atomic mass is 10.2. The van der Waals surface area contributed by atoms with Gasteiger partial charge in [-0.15, -0.1) is 0 Å². The molecule has 0 fully saturated rings. The van der Waals surface area contributed by atoms with Crippen molar-refractivity contribution in [2.75, 3.05) is 0 Å². The molecule has 0 saturated carbocycles. The summed E-state index contributed by atoms with van der Waals surface area (Å²) in [7, 11) is 0. The standard InChI is InChI=1S/C14H13N3O3/c1-10-2-6-12(7-3-10)15-14(16-18)11-4-8-13(9-5-11)17(19)20/h2-9,18H,1H3,(H,15,16). The summed E-state index contributed by atoms with van der Waals surface area (Å²) in [6.07, 6.45) is 0. The summed E-state index contributed by atoms with van der Waals surface area (Å²) in [5, 5.41) is 19.7. The van der Waals surface area contributed by atoms with Gasteiger partial charge in [-0.25, -0.2) is 4.99 Å². The molecule has 20 heavy (non-hydrogen) atoms. The highest BCUT2D eigenvalue weighted by atomic mass is 16.6. The molecule has 0 aliphatic carbocycles. The Morgan fingerprint density at radius 1 is 1.15 bits per heavy atom. The maximum absolute atomic E-state index is 10.6. The van der Waals surface area contributed by atoms with Gasteiger partial charge in [0.25, 0.3) is 5.69 Å². The summed E-state index contributed by atoms with van der Waals surface area (Å²) in [6, 6.07) is 13.2. The van der Waals surface area contributed by atoms with Gasteiger partial charge in [-0.05, 0) is 31.2 Å². The van der Waals surface area contributed by atoms with Gasteiger partial charge in [0.05, 0.1) is 10.6 Å². The van der Waals surface area contributed by atoms with Gasteiger partial charge in [-0.2, -0.15) is 0 Å². The van der Waals surface area contributed by atoms with Gasteiger partial charge in [0.2, 0.25) is 0 Å². The van der Waals surface area contributed by atoms with Crippen LogP contribution in [0.15, 0.2) is 53.5 Å². The Morgan fingerprint density at radius 2 is 1.75 bits per heavy atom. The molecule has 6 heteroatoms. The van der Waals surface area contributed by atoms with Crippen LogP contribution in [0.1, 0.15) is 11.1 Å². The van der Waals surface area contributed by atoms with Crippen molar-refractivity contribution in [2.24, 2.45) is 4.99 Å². The van der Waals surface area contributed by atoms with E-state index >= 15 is 0 Å². The SMILES string of the molecule is Cc1ccc(N=C(NO)c2ccc([N+](=O)[O-])cc2)cc1. The van der Waals surface area contributed by atoms with Crippen molar-refractivity contribution in [2.45, 2.75) is 6.92 Å². The maximum atomic E-state index is 10.6. The van der Waals surface area contributed by atoms with E-state index < -0.39 is 4.92 Å². The number of benzene rings is 2. The molecule has 0 aliphatic rings. The van der Waals surface area contributed by atoms with Gasteiger partial charge in [0.15, 0.2) is 5.84 Å². The first kappa shape index (κ1) is 13.7. The molecule has 0 radical (unpaired) electrons. The number of hydrogen-bond donors (Lipinski definition) is 2. The highest BCUT2D eigenvalue weighted by molar-refractivity contribution is 5.99. The van der Waals surface area contributed by atoms with Crippen molar-refractivity contribution in [3.8, 4) is 0 Å². The van der Waals surface area contributed by atoms with E-state index in [9.17, 15) is 10.1 Å². The number of aryl methyl sites for hydroxylation is 1. The Morgan fingerprint density at radius 3 is 2.25 bits per heavy atom. The third kappa shape index (κ3) is 3.18. The van der Waals surface area contributed by atoms with E-state index in [-0.39, 0.29) is 11.5 Å². The molecular formula is C14H13N3O3. The molecule has 0 saturated heterocycles. The second kappa shape index (κ2) is 5.94. The van der Waals surface area contributed by atoms with Crippen molar-refractivity contribution in [3.63, 3.8) is 0 Å². The normalized spacial score (nSPS) is 11.2. The van der Waals surface area contributed by atoms with E-state index in [1.165, 1.54) is 24.3 Å². The summed E-state index contributed by atoms with van der Waals surface area (Å²) in [5.41, 5.74) is 4.33. The third-order valence-corrected chi connectivity index (χ3v) is 2.73. The van der Waals surface area contributed by atoms with Crippen LogP contribution in [0.4, 0.5) is 11.4 Å². The first-order chi connectivity index (χ1) is 9.60. The molecule has 0 bridgehead atoms. The van der Waals surface area contributed by atoms with E-state index in [1.54, 1.807) is 0 Å². The molecule has 2 aromatic rings. The van der Waals surface area contributed by atoms with Crippen LogP contribution in [0, 0.1) is 17.0 Å². The van der Waals surface area contributed by atoms with Crippen molar-refractivity contribution in [1.82, 2.24) is 5.48 Å². The Balaban J connectivity index is 2.31. The van der Waals surface area contributed by atoms with Crippen LogP contribution in [0.25, 0.3) is 0 Å². The Labute approximate surface area is 115 Å². The molecule has 0 atom stereocenters. The smallest absolute Gasteiger partial charge is 0.269 e. The van der Waals surface area contributed by atoms with E-state index in [0.29, 0.717) is 11.3 Å². The number of hydroxylamine groups is 1. The largest absolute Gasteiger partial charge is 0.290 e. The average molecular weight is 271 g/mol. The first-order valence-corrected chi connectivity index (χ1v) is 5.90. The highest BCUT2D eigenvalue weighted by Gasteiger charge is 2.07. The molecule has 0 amide bonds. The summed E-state index contributed by atoms with van der Waals surface area (Å²) in [4.78, 5) is 14.4. The fourth-order valence-electron chi connectivity index (χ4n) is 1.64. The minimum atomic E-state index is -0.479. The minimum absolute atomic E-state index is 0.0126. The van der Waals surface area contributed by atoms with Crippen molar-refractivity contribution in [1.29, 1.82) is 0 Å². The predicted molar refractivity (Wildman–Crippen MR) is 75.4 cm³/mol. The number of nitro groups is 1. The molecule has 6 nitrogen and oxygen atoms in total. The molecule has 0 heterocycles. The lowest BCUT2D eigenvalue weighted by molar-refractivity contribution is -0.384. The van der Waals surface area contributed by atoms with Crippen LogP contribution < -0.4 is 5.48 Å². The number of non-ortho nitro benzene ring substituents is 1. The zero-order valence-electron chi connectivity index (χ0n) is 10.8. The molecule has 102 valence electrons. The van der Waals surface area contributed by atoms with Gasteiger partial charge >= 0.3 is 0 Å². The van der Waals surface area contributed by atoms with Crippen LogP contribution in [0.2, 0.25) is 0 Å². The topological polar surface area (TPSA) is 87.8 Å². The number of amidine groups is 1. The van der Waals surface area contributed by atoms with E-state index in [1.807, 2.05) is 36.7 Å². The van der Waals surface area contributed by atoms with Crippen LogP contribution in [0.5, 0.6) is 0 Å². The number of hydrogen-bond acceptors (Lipinski definition) is 4. The fraction of sp³-hybridized carbons (Fsp3) is 0.0714. The van der Waals surface area contributed by atoms with E-state index in [4.69, 9.17) is 5.21 Å². The van der Waals surface area contributed by atoms with E-state index in [0.717, 1.165) is 5.56 Å². The van der Waals surface area contributed by atoms with Crippen LogP contribution in [0.3, 0.4) is 0 Å². The minimum Gasteiger partial charge on any atom is -0.290 e. The van der Waals surface area contributed by atoms with Crippen LogP contribution >= 0.6 is 0 Å². The maximum Gasteiger partial charge on any atom is 0.269 e. The number of nitro benzene ring substituents is 1. The molecule has 0 unspecified atom stereocenters. The lowest BCUT2D eigenvalue weighted by Gasteiger charge is -2.05. The number of aliphatic imine (C=N–C) groups is 1. The predicted octanol–water partition coefficient (Wildman–Crippen LogP) is 2.96. The highest BCUT2D eigenvalue weighted by Crippen LogP contribution is 2.16. The third-order valence-electron chi connectivity index (χ3n) is 2.73. The fourth-order valence-corrected chi connectivity index (χ4v) is 1.64. The van der Waals surface area contributed by atoms with Crippen LogP contribution in [-0.4, -0.2) is 16.0 Å². The Hall–Kier alpha value is -2.73. The molecule has 0 aliphatic heterocycles. The summed E-state index contributed by atoms with van der Waals surface area (Å²) in [5.74, 6) is 0.226. The zero-order chi connectivity index (χ0) is 14.5. The van der Waals surface area contributed by atoms with Crippen molar-refractivity contribution < 1.29 is 10.1 Å². The molecule has 2 rings (SSSR count). The molecule has 2 aromatic carbocycles. The second-order valence-electron chi connectivity index (χ2n) is 4.21. The molecule has 2 N–H and O–H groups in total. The summed E-state index contributed by atoms with van der Waals surface area (Å²) < 4.78 is 0. The molecule has 0 aromatic heterocycles. The molecular weight excluding hydrogens is 258 g/mol. The number of nitrogens with one attached hydrogen (secondary N) is 1. The molecule has 0 spiro atoms. The average Bonchev–Trinajstić information content (AvgIpc) is 2.47. The van der Waals surface area contributed by atoms with E-state index in [2.05, 4.69) is 4.99 Å². The van der Waals surface area contributed by atoms with Gasteiger partial charge in [0.1, 0.15) is 0 Å². The Kier molecular flexibility index (Phi) is 4.07. The number of nitrogens with zero attached hydrogens (tertiary/aromatic N) is 2. The van der Waals surface area contributed by atoms with Crippen LogP contribution in [-0.2, 0) is 0 Å². The quantitative estimate of drug-likeness (QED) is 0.389. The second-order valence-corrected chi connectivity index (χ2v) is 4.21. The van der Waals surface area contributed by atoms with Gasteiger partial charge in [0, 0.05) is 17.7 Å². The zero-order valence-corrected chi connectivity index (χ0v) is 10.8. The first-order valence-electron chi connectivity index (χ1n) is 5.90. The van der Waals surface area contributed by atoms with Crippen molar-refractivity contribution >= 4 is 17.2 Å². The monoisotopic (exact) mass is 271 g/mol. The number of rotatable bonds is 3. The van der Waals surface area contributed by atoms with Gasteiger partial charge in [-0.3, -0.25) is 20.8 Å². The Bertz CT molecular complexity index is 634. The van der Waals surface area contributed by atoms with Gasteiger partial charge < -0.3 is 0 Å². The lowest BCUT2D eigenvalue weighted by Crippen LogP contribution is -2.19. The summed E-state index contributed by atoms with van der Waals surface area (Å²) in [6.45, 7) is 1.97.